The van der Waals surface area contributed by atoms with Crippen LogP contribution >= 0.6 is 0 Å². The SMILES string of the molecule is CNCc1ccc(NC(=O)c2ccc(O)cc2)cc1. The monoisotopic (exact) mass is 256 g/mol. The summed E-state index contributed by atoms with van der Waals surface area (Å²) >= 11 is 0. The average Bonchev–Trinajstić information content (AvgIpc) is 2.42. The third-order valence-corrected chi connectivity index (χ3v) is 2.72. The largest absolute Gasteiger partial charge is 0.508 e. The minimum Gasteiger partial charge on any atom is -0.508 e. The van der Waals surface area contributed by atoms with Gasteiger partial charge in [-0.05, 0) is 49.0 Å². The van der Waals surface area contributed by atoms with Crippen LogP contribution in [0.1, 0.15) is 15.9 Å². The maximum atomic E-state index is 11.9. The van der Waals surface area contributed by atoms with Gasteiger partial charge in [-0.3, -0.25) is 4.79 Å². The Morgan fingerprint density at radius 2 is 1.68 bits per heavy atom. The molecular weight excluding hydrogens is 240 g/mol. The quantitative estimate of drug-likeness (QED) is 0.787. The lowest BCUT2D eigenvalue weighted by Crippen LogP contribution is -2.11. The molecule has 0 atom stereocenters. The van der Waals surface area contributed by atoms with Crippen molar-refractivity contribution >= 4 is 11.6 Å². The van der Waals surface area contributed by atoms with E-state index in [0.717, 1.165) is 17.8 Å². The second-order valence-electron chi connectivity index (χ2n) is 4.23. The molecule has 0 bridgehead atoms. The Kier molecular flexibility index (Phi) is 4.15. The molecule has 0 saturated heterocycles. The molecule has 0 radical (unpaired) electrons. The number of amides is 1. The van der Waals surface area contributed by atoms with Crippen molar-refractivity contribution in [3.05, 3.63) is 59.7 Å². The van der Waals surface area contributed by atoms with Crippen molar-refractivity contribution in [1.82, 2.24) is 5.32 Å². The molecule has 0 spiro atoms. The minimum absolute atomic E-state index is 0.146. The van der Waals surface area contributed by atoms with Crippen LogP contribution in [0.2, 0.25) is 0 Å². The summed E-state index contributed by atoms with van der Waals surface area (Å²) in [6, 6.07) is 13.8. The van der Waals surface area contributed by atoms with Crippen LogP contribution in [0.3, 0.4) is 0 Å². The molecule has 0 unspecified atom stereocenters. The molecule has 2 aromatic rings. The van der Waals surface area contributed by atoms with E-state index in [0.29, 0.717) is 5.56 Å². The molecule has 4 heteroatoms. The van der Waals surface area contributed by atoms with Crippen molar-refractivity contribution in [2.24, 2.45) is 0 Å². The van der Waals surface area contributed by atoms with Crippen molar-refractivity contribution in [1.29, 1.82) is 0 Å². The molecule has 0 fully saturated rings. The van der Waals surface area contributed by atoms with Gasteiger partial charge in [0.2, 0.25) is 0 Å². The van der Waals surface area contributed by atoms with E-state index in [9.17, 15) is 9.90 Å². The van der Waals surface area contributed by atoms with Crippen molar-refractivity contribution < 1.29 is 9.90 Å². The summed E-state index contributed by atoms with van der Waals surface area (Å²) in [6.07, 6.45) is 0. The number of hydrogen-bond donors (Lipinski definition) is 3. The number of benzene rings is 2. The van der Waals surface area contributed by atoms with Crippen molar-refractivity contribution in [2.75, 3.05) is 12.4 Å². The Morgan fingerprint density at radius 3 is 2.26 bits per heavy atom. The Hall–Kier alpha value is -2.33. The summed E-state index contributed by atoms with van der Waals surface area (Å²) in [5.74, 6) is -0.0469. The van der Waals surface area contributed by atoms with Crippen LogP contribution < -0.4 is 10.6 Å². The van der Waals surface area contributed by atoms with Crippen LogP contribution in [0.5, 0.6) is 5.75 Å². The lowest BCUT2D eigenvalue weighted by molar-refractivity contribution is 0.102. The van der Waals surface area contributed by atoms with Crippen molar-refractivity contribution in [3.63, 3.8) is 0 Å². The molecule has 2 aromatic carbocycles. The van der Waals surface area contributed by atoms with Crippen LogP contribution in [0, 0.1) is 0 Å². The molecule has 19 heavy (non-hydrogen) atoms. The van der Waals surface area contributed by atoms with Crippen LogP contribution in [0.4, 0.5) is 5.69 Å². The van der Waals surface area contributed by atoms with Crippen LogP contribution in [-0.2, 0) is 6.54 Å². The van der Waals surface area contributed by atoms with Gasteiger partial charge in [-0.2, -0.15) is 0 Å². The number of phenols is 1. The number of rotatable bonds is 4. The predicted octanol–water partition coefficient (Wildman–Crippen LogP) is 2.36. The van der Waals surface area contributed by atoms with Gasteiger partial charge in [0.1, 0.15) is 5.75 Å². The molecule has 0 heterocycles. The fraction of sp³-hybridized carbons (Fsp3) is 0.133. The van der Waals surface area contributed by atoms with Crippen LogP contribution in [0.25, 0.3) is 0 Å². The maximum Gasteiger partial charge on any atom is 0.255 e. The first-order chi connectivity index (χ1) is 9.19. The maximum absolute atomic E-state index is 11.9. The fourth-order valence-corrected chi connectivity index (χ4v) is 1.73. The number of aromatic hydroxyl groups is 1. The molecule has 0 aliphatic heterocycles. The number of carbonyl (C=O) groups is 1. The smallest absolute Gasteiger partial charge is 0.255 e. The molecule has 0 aromatic heterocycles. The Morgan fingerprint density at radius 1 is 1.05 bits per heavy atom. The Bertz CT molecular complexity index is 547. The van der Waals surface area contributed by atoms with E-state index in [1.807, 2.05) is 31.3 Å². The van der Waals surface area contributed by atoms with Crippen LogP contribution in [0.15, 0.2) is 48.5 Å². The molecule has 2 rings (SSSR count). The Balaban J connectivity index is 2.04. The van der Waals surface area contributed by atoms with E-state index in [4.69, 9.17) is 0 Å². The summed E-state index contributed by atoms with van der Waals surface area (Å²) in [5.41, 5.74) is 2.42. The number of nitrogens with one attached hydrogen (secondary N) is 2. The highest BCUT2D eigenvalue weighted by Crippen LogP contribution is 2.13. The zero-order valence-corrected chi connectivity index (χ0v) is 10.7. The summed E-state index contributed by atoms with van der Waals surface area (Å²) in [6.45, 7) is 0.798. The van der Waals surface area contributed by atoms with E-state index in [-0.39, 0.29) is 11.7 Å². The van der Waals surface area contributed by atoms with E-state index >= 15 is 0 Å². The van der Waals surface area contributed by atoms with Gasteiger partial charge in [0, 0.05) is 17.8 Å². The lowest BCUT2D eigenvalue weighted by atomic mass is 10.1. The van der Waals surface area contributed by atoms with E-state index < -0.39 is 0 Å². The first-order valence-electron chi connectivity index (χ1n) is 6.03. The van der Waals surface area contributed by atoms with Crippen molar-refractivity contribution in [2.45, 2.75) is 6.54 Å². The summed E-state index contributed by atoms with van der Waals surface area (Å²) in [4.78, 5) is 11.9. The highest BCUT2D eigenvalue weighted by atomic mass is 16.3. The van der Waals surface area contributed by atoms with Crippen LogP contribution in [-0.4, -0.2) is 18.1 Å². The molecule has 3 N–H and O–H groups in total. The number of hydrogen-bond acceptors (Lipinski definition) is 3. The highest BCUT2D eigenvalue weighted by Gasteiger charge is 2.05. The molecule has 0 aliphatic carbocycles. The van der Waals surface area contributed by atoms with Gasteiger partial charge in [0.15, 0.2) is 0 Å². The highest BCUT2D eigenvalue weighted by molar-refractivity contribution is 6.04. The van der Waals surface area contributed by atoms with E-state index in [2.05, 4.69) is 10.6 Å². The third-order valence-electron chi connectivity index (χ3n) is 2.72. The average molecular weight is 256 g/mol. The molecule has 98 valence electrons. The normalized spacial score (nSPS) is 10.2. The zero-order chi connectivity index (χ0) is 13.7. The Labute approximate surface area is 112 Å². The molecule has 4 nitrogen and oxygen atoms in total. The summed E-state index contributed by atoms with van der Waals surface area (Å²) in [7, 11) is 1.89. The van der Waals surface area contributed by atoms with Gasteiger partial charge in [0.25, 0.3) is 5.91 Å². The first kappa shape index (κ1) is 13.1. The van der Waals surface area contributed by atoms with Crippen molar-refractivity contribution in [3.8, 4) is 5.75 Å². The second-order valence-corrected chi connectivity index (χ2v) is 4.23. The number of phenolic OH excluding ortho intramolecular Hbond substituents is 1. The molecule has 0 saturated carbocycles. The second kappa shape index (κ2) is 6.02. The number of anilines is 1. The lowest BCUT2D eigenvalue weighted by Gasteiger charge is -2.06. The molecular formula is C15H16N2O2. The van der Waals surface area contributed by atoms with Gasteiger partial charge in [-0.15, -0.1) is 0 Å². The van der Waals surface area contributed by atoms with Gasteiger partial charge in [-0.1, -0.05) is 12.1 Å². The van der Waals surface area contributed by atoms with Gasteiger partial charge >= 0.3 is 0 Å². The van der Waals surface area contributed by atoms with Gasteiger partial charge in [-0.25, -0.2) is 0 Å². The molecule has 0 aliphatic rings. The van der Waals surface area contributed by atoms with Gasteiger partial charge in [0.05, 0.1) is 0 Å². The number of carbonyl (C=O) groups excluding carboxylic acids is 1. The first-order valence-corrected chi connectivity index (χ1v) is 6.03. The van der Waals surface area contributed by atoms with E-state index in [1.54, 1.807) is 12.1 Å². The third kappa shape index (κ3) is 3.56. The van der Waals surface area contributed by atoms with Gasteiger partial charge < -0.3 is 15.7 Å². The fourth-order valence-electron chi connectivity index (χ4n) is 1.73. The standard InChI is InChI=1S/C15H16N2O2/c1-16-10-11-2-6-13(7-3-11)17-15(19)12-4-8-14(18)9-5-12/h2-9,16,18H,10H2,1H3,(H,17,19). The topological polar surface area (TPSA) is 61.4 Å². The molecule has 1 amide bonds. The van der Waals surface area contributed by atoms with E-state index in [1.165, 1.54) is 12.1 Å². The zero-order valence-electron chi connectivity index (χ0n) is 10.7. The minimum atomic E-state index is -0.193. The predicted molar refractivity (Wildman–Crippen MR) is 75.3 cm³/mol. The summed E-state index contributed by atoms with van der Waals surface area (Å²) in [5, 5.41) is 15.0. The summed E-state index contributed by atoms with van der Waals surface area (Å²) < 4.78 is 0.